The van der Waals surface area contributed by atoms with Crippen LogP contribution in [0.2, 0.25) is 0 Å². The second-order valence-corrected chi connectivity index (χ2v) is 8.93. The van der Waals surface area contributed by atoms with Crippen molar-refractivity contribution in [1.82, 2.24) is 19.9 Å². The van der Waals surface area contributed by atoms with Gasteiger partial charge in [-0.1, -0.05) is 23.8 Å². The van der Waals surface area contributed by atoms with Crippen LogP contribution < -0.4 is 5.32 Å². The van der Waals surface area contributed by atoms with Gasteiger partial charge in [0.25, 0.3) is 16.0 Å². The molecule has 4 aromatic rings. The number of imidazole rings is 1. The summed E-state index contributed by atoms with van der Waals surface area (Å²) in [6.45, 7) is 3.69. The van der Waals surface area contributed by atoms with Crippen molar-refractivity contribution < 1.29 is 17.4 Å². The zero-order valence-corrected chi connectivity index (χ0v) is 18.5. The number of aromatic nitrogens is 3. The Hall–Kier alpha value is -3.56. The molecule has 2 heterocycles. The Balaban J connectivity index is 1.42. The van der Waals surface area contributed by atoms with Crippen molar-refractivity contribution in [2.75, 3.05) is 13.2 Å². The van der Waals surface area contributed by atoms with E-state index in [1.54, 1.807) is 41.2 Å². The lowest BCUT2D eigenvalue weighted by Gasteiger charge is -2.10. The van der Waals surface area contributed by atoms with Gasteiger partial charge in [-0.3, -0.25) is 8.98 Å². The third kappa shape index (κ3) is 4.53. The molecule has 0 atom stereocenters. The standard InChI is InChI=1S/C23H22N4O4S/c1-16-5-9-19(10-6-16)32(29,30)31-13-12-24-23(28)18-8-7-17(2)20(14-18)21-15-25-22-4-3-11-26-27(21)22/h3-11,14-15H,12-13H2,1-2H3,(H,24,28). The molecule has 2 aromatic carbocycles. The zero-order valence-electron chi connectivity index (χ0n) is 17.6. The summed E-state index contributed by atoms with van der Waals surface area (Å²) in [5.41, 5.74) is 4.69. The molecule has 32 heavy (non-hydrogen) atoms. The average Bonchev–Trinajstić information content (AvgIpc) is 3.21. The molecule has 1 amide bonds. The highest BCUT2D eigenvalue weighted by Gasteiger charge is 2.16. The lowest BCUT2D eigenvalue weighted by Crippen LogP contribution is -2.28. The molecule has 0 radical (unpaired) electrons. The first-order valence-corrected chi connectivity index (χ1v) is 11.4. The molecular formula is C23H22N4O4S. The summed E-state index contributed by atoms with van der Waals surface area (Å²) >= 11 is 0. The quantitative estimate of drug-likeness (QED) is 0.343. The fraction of sp³-hybridized carbons (Fsp3) is 0.174. The van der Waals surface area contributed by atoms with Crippen molar-refractivity contribution in [3.63, 3.8) is 0 Å². The Morgan fingerprint density at radius 3 is 2.66 bits per heavy atom. The topological polar surface area (TPSA) is 103 Å². The van der Waals surface area contributed by atoms with Crippen LogP contribution in [0.25, 0.3) is 16.9 Å². The molecule has 0 fully saturated rings. The van der Waals surface area contributed by atoms with Gasteiger partial charge in [0.2, 0.25) is 0 Å². The zero-order chi connectivity index (χ0) is 22.7. The summed E-state index contributed by atoms with van der Waals surface area (Å²) in [5.74, 6) is -0.329. The van der Waals surface area contributed by atoms with Crippen LogP contribution in [0.5, 0.6) is 0 Å². The van der Waals surface area contributed by atoms with Gasteiger partial charge >= 0.3 is 0 Å². The summed E-state index contributed by atoms with van der Waals surface area (Å²) in [7, 11) is -3.87. The first-order valence-electron chi connectivity index (χ1n) is 9.99. The molecule has 0 aliphatic rings. The van der Waals surface area contributed by atoms with Crippen LogP contribution in [0, 0.1) is 13.8 Å². The van der Waals surface area contributed by atoms with E-state index in [1.807, 2.05) is 32.0 Å². The maximum atomic E-state index is 12.6. The van der Waals surface area contributed by atoms with E-state index in [4.69, 9.17) is 4.18 Å². The molecule has 0 saturated heterocycles. The van der Waals surface area contributed by atoms with E-state index in [1.165, 1.54) is 12.1 Å². The van der Waals surface area contributed by atoms with Crippen LogP contribution in [0.1, 0.15) is 21.5 Å². The molecule has 4 rings (SSSR count). The van der Waals surface area contributed by atoms with Gasteiger partial charge < -0.3 is 5.32 Å². The van der Waals surface area contributed by atoms with Crippen molar-refractivity contribution in [2.45, 2.75) is 18.7 Å². The fourth-order valence-corrected chi connectivity index (χ4v) is 4.15. The van der Waals surface area contributed by atoms with Gasteiger partial charge in [0.15, 0.2) is 5.65 Å². The molecule has 0 spiro atoms. The van der Waals surface area contributed by atoms with Gasteiger partial charge in [-0.15, -0.1) is 0 Å². The van der Waals surface area contributed by atoms with Crippen LogP contribution in [0.15, 0.2) is 71.9 Å². The van der Waals surface area contributed by atoms with Crippen LogP contribution in [0.3, 0.4) is 0 Å². The normalized spacial score (nSPS) is 11.6. The molecule has 8 nitrogen and oxygen atoms in total. The van der Waals surface area contributed by atoms with Crippen LogP contribution in [0.4, 0.5) is 0 Å². The van der Waals surface area contributed by atoms with E-state index in [9.17, 15) is 13.2 Å². The first kappa shape index (κ1) is 21.7. The van der Waals surface area contributed by atoms with Crippen LogP contribution in [-0.4, -0.2) is 42.1 Å². The number of carbonyl (C=O) groups is 1. The average molecular weight is 451 g/mol. The number of amides is 1. The van der Waals surface area contributed by atoms with Gasteiger partial charge in [-0.25, -0.2) is 9.50 Å². The Labute approximate surface area is 186 Å². The van der Waals surface area contributed by atoms with Crippen molar-refractivity contribution >= 4 is 21.7 Å². The third-order valence-corrected chi connectivity index (χ3v) is 6.32. The van der Waals surface area contributed by atoms with Gasteiger partial charge in [-0.05, 0) is 55.8 Å². The second-order valence-electron chi connectivity index (χ2n) is 7.31. The Morgan fingerprint density at radius 1 is 1.09 bits per heavy atom. The number of rotatable bonds is 7. The smallest absolute Gasteiger partial charge is 0.297 e. The van der Waals surface area contributed by atoms with E-state index in [0.717, 1.165) is 22.4 Å². The highest BCUT2D eigenvalue weighted by Crippen LogP contribution is 2.25. The van der Waals surface area contributed by atoms with E-state index in [2.05, 4.69) is 15.4 Å². The number of carbonyl (C=O) groups excluding carboxylic acids is 1. The van der Waals surface area contributed by atoms with E-state index in [0.29, 0.717) is 11.2 Å². The highest BCUT2D eigenvalue weighted by atomic mass is 32.2. The predicted octanol–water partition coefficient (Wildman–Crippen LogP) is 3.15. The van der Waals surface area contributed by atoms with Crippen molar-refractivity contribution in [1.29, 1.82) is 0 Å². The molecule has 0 aliphatic carbocycles. The predicted molar refractivity (Wildman–Crippen MR) is 120 cm³/mol. The summed E-state index contributed by atoms with van der Waals surface area (Å²) < 4.78 is 31.2. The number of fused-ring (bicyclic) bond motifs is 1. The monoisotopic (exact) mass is 450 g/mol. The molecule has 0 aliphatic heterocycles. The van der Waals surface area contributed by atoms with Crippen molar-refractivity contribution in [3.05, 3.63) is 83.7 Å². The van der Waals surface area contributed by atoms with Gasteiger partial charge in [0.1, 0.15) is 0 Å². The molecule has 2 aromatic heterocycles. The Kier molecular flexibility index (Phi) is 6.02. The molecule has 1 N–H and O–H groups in total. The maximum absolute atomic E-state index is 12.6. The minimum absolute atomic E-state index is 0.0459. The SMILES string of the molecule is Cc1ccc(S(=O)(=O)OCCNC(=O)c2ccc(C)c(-c3cnc4cccnn34)c2)cc1. The third-order valence-electron chi connectivity index (χ3n) is 4.99. The minimum Gasteiger partial charge on any atom is -0.350 e. The van der Waals surface area contributed by atoms with Crippen molar-refractivity contribution in [2.24, 2.45) is 0 Å². The number of nitrogens with one attached hydrogen (secondary N) is 1. The molecule has 9 heteroatoms. The van der Waals surface area contributed by atoms with E-state index >= 15 is 0 Å². The van der Waals surface area contributed by atoms with Gasteiger partial charge in [-0.2, -0.15) is 13.5 Å². The summed E-state index contributed by atoms with van der Waals surface area (Å²) in [4.78, 5) is 17.1. The number of nitrogens with zero attached hydrogens (tertiary/aromatic N) is 3. The van der Waals surface area contributed by atoms with Crippen molar-refractivity contribution in [3.8, 4) is 11.3 Å². The maximum Gasteiger partial charge on any atom is 0.297 e. The highest BCUT2D eigenvalue weighted by molar-refractivity contribution is 7.86. The molecule has 164 valence electrons. The van der Waals surface area contributed by atoms with Gasteiger partial charge in [0, 0.05) is 23.9 Å². The Morgan fingerprint density at radius 2 is 1.88 bits per heavy atom. The number of hydrogen-bond donors (Lipinski definition) is 1. The Bertz CT molecular complexity index is 1380. The summed E-state index contributed by atoms with van der Waals surface area (Å²) in [6, 6.07) is 15.4. The number of hydrogen-bond acceptors (Lipinski definition) is 6. The largest absolute Gasteiger partial charge is 0.350 e. The number of benzene rings is 2. The lowest BCUT2D eigenvalue weighted by atomic mass is 10.0. The summed E-state index contributed by atoms with van der Waals surface area (Å²) in [6.07, 6.45) is 3.39. The fourth-order valence-electron chi connectivity index (χ4n) is 3.24. The molecular weight excluding hydrogens is 428 g/mol. The summed E-state index contributed by atoms with van der Waals surface area (Å²) in [5, 5.41) is 7.02. The first-order chi connectivity index (χ1) is 15.3. The van der Waals surface area contributed by atoms with Crippen LogP contribution in [-0.2, 0) is 14.3 Å². The molecule has 0 saturated carbocycles. The minimum atomic E-state index is -3.87. The molecule has 0 bridgehead atoms. The van der Waals surface area contributed by atoms with Crippen LogP contribution >= 0.6 is 0 Å². The second kappa shape index (κ2) is 8.89. The van der Waals surface area contributed by atoms with E-state index < -0.39 is 10.1 Å². The lowest BCUT2D eigenvalue weighted by molar-refractivity contribution is 0.0947. The molecule has 0 unspecified atom stereocenters. The van der Waals surface area contributed by atoms with Gasteiger partial charge in [0.05, 0.1) is 23.4 Å². The number of aryl methyl sites for hydroxylation is 2. The van der Waals surface area contributed by atoms with E-state index in [-0.39, 0.29) is 24.0 Å².